The number of hydrogen-bond acceptors (Lipinski definition) is 4. The third kappa shape index (κ3) is 1.98. The van der Waals surface area contributed by atoms with Gasteiger partial charge in [-0.05, 0) is 30.2 Å². The molecule has 1 aromatic carbocycles. The van der Waals surface area contributed by atoms with Gasteiger partial charge in [0, 0.05) is 22.5 Å². The Morgan fingerprint density at radius 1 is 1.44 bits per heavy atom. The normalized spacial score (nSPS) is 12.9. The molecule has 18 heavy (non-hydrogen) atoms. The number of aromatic amines is 1. The summed E-state index contributed by atoms with van der Waals surface area (Å²) in [5.74, 6) is 0.269. The Kier molecular flexibility index (Phi) is 2.77. The van der Waals surface area contributed by atoms with Crippen molar-refractivity contribution >= 4 is 22.2 Å². The van der Waals surface area contributed by atoms with Crippen molar-refractivity contribution in [2.45, 2.75) is 12.5 Å². The zero-order valence-electron chi connectivity index (χ0n) is 9.63. The van der Waals surface area contributed by atoms with E-state index in [0.29, 0.717) is 6.42 Å². The number of aromatic hydroxyl groups is 1. The van der Waals surface area contributed by atoms with Gasteiger partial charge < -0.3 is 15.8 Å². The van der Waals surface area contributed by atoms with Gasteiger partial charge in [-0.2, -0.15) is 0 Å². The van der Waals surface area contributed by atoms with E-state index < -0.39 is 0 Å². The second kappa shape index (κ2) is 4.44. The average Bonchev–Trinajstić information content (AvgIpc) is 2.99. The summed E-state index contributed by atoms with van der Waals surface area (Å²) < 4.78 is 0. The summed E-state index contributed by atoms with van der Waals surface area (Å²) in [6.07, 6.45) is 2.64. The van der Waals surface area contributed by atoms with Crippen LogP contribution in [0.2, 0.25) is 0 Å². The van der Waals surface area contributed by atoms with Crippen LogP contribution in [0.4, 0.5) is 0 Å². The van der Waals surface area contributed by atoms with E-state index in [4.69, 9.17) is 5.73 Å². The van der Waals surface area contributed by atoms with Gasteiger partial charge in [0.1, 0.15) is 5.75 Å². The van der Waals surface area contributed by atoms with Crippen molar-refractivity contribution < 1.29 is 5.11 Å². The molecule has 1 unspecified atom stereocenters. The molecule has 2 aromatic heterocycles. The van der Waals surface area contributed by atoms with Crippen molar-refractivity contribution in [3.8, 4) is 5.75 Å². The third-order valence-electron chi connectivity index (χ3n) is 3.02. The second-order valence-corrected chi connectivity index (χ2v) is 4.99. The molecule has 0 aliphatic heterocycles. The molecular weight excluding hydrogens is 246 g/mol. The number of nitrogens with two attached hydrogens (primary N) is 1. The molecule has 2 heterocycles. The van der Waals surface area contributed by atoms with Crippen LogP contribution in [0.3, 0.4) is 0 Å². The van der Waals surface area contributed by atoms with Gasteiger partial charge in [0.25, 0.3) is 0 Å². The Morgan fingerprint density at radius 3 is 3.11 bits per heavy atom. The summed E-state index contributed by atoms with van der Waals surface area (Å²) in [6.45, 7) is 0. The molecule has 3 aromatic rings. The van der Waals surface area contributed by atoms with E-state index in [1.54, 1.807) is 29.0 Å². The lowest BCUT2D eigenvalue weighted by atomic mass is 10.0. The number of thiazole rings is 1. The number of hydrogen-bond donors (Lipinski definition) is 3. The number of nitrogens with zero attached hydrogens (tertiary/aromatic N) is 1. The largest absolute Gasteiger partial charge is 0.508 e. The zero-order chi connectivity index (χ0) is 12.5. The van der Waals surface area contributed by atoms with Crippen molar-refractivity contribution in [1.82, 2.24) is 9.97 Å². The Morgan fingerprint density at radius 2 is 2.33 bits per heavy atom. The van der Waals surface area contributed by atoms with Crippen molar-refractivity contribution in [2.75, 3.05) is 0 Å². The van der Waals surface area contributed by atoms with E-state index in [1.807, 2.05) is 17.6 Å². The van der Waals surface area contributed by atoms with Crippen LogP contribution < -0.4 is 5.73 Å². The quantitative estimate of drug-likeness (QED) is 0.676. The van der Waals surface area contributed by atoms with Crippen molar-refractivity contribution in [3.05, 3.63) is 46.5 Å². The lowest BCUT2D eigenvalue weighted by Crippen LogP contribution is -2.13. The Hall–Kier alpha value is -1.85. The summed E-state index contributed by atoms with van der Waals surface area (Å²) in [5, 5.41) is 12.5. The molecule has 0 amide bonds. The van der Waals surface area contributed by atoms with Crippen molar-refractivity contribution in [1.29, 1.82) is 0 Å². The molecule has 4 nitrogen and oxygen atoms in total. The van der Waals surface area contributed by atoms with Crippen LogP contribution in [0.1, 0.15) is 17.3 Å². The van der Waals surface area contributed by atoms with Gasteiger partial charge in [-0.25, -0.2) is 4.98 Å². The molecule has 3 rings (SSSR count). The molecular formula is C13H13N3OS. The molecule has 1 atom stereocenters. The first-order chi connectivity index (χ1) is 8.74. The number of benzene rings is 1. The van der Waals surface area contributed by atoms with E-state index in [2.05, 4.69) is 9.97 Å². The van der Waals surface area contributed by atoms with Crippen LogP contribution in [-0.4, -0.2) is 15.1 Å². The second-order valence-electron chi connectivity index (χ2n) is 4.27. The fraction of sp³-hybridized carbons (Fsp3) is 0.154. The van der Waals surface area contributed by atoms with E-state index in [0.717, 1.165) is 22.2 Å². The summed E-state index contributed by atoms with van der Waals surface area (Å²) >= 11 is 1.55. The number of nitrogens with one attached hydrogen (secondary N) is 1. The molecule has 0 radical (unpaired) electrons. The van der Waals surface area contributed by atoms with Gasteiger partial charge in [-0.3, -0.25) is 0 Å². The van der Waals surface area contributed by atoms with Crippen LogP contribution in [0.5, 0.6) is 5.75 Å². The minimum atomic E-state index is -0.113. The Balaban J connectivity index is 1.93. The number of aromatic nitrogens is 2. The molecule has 0 fully saturated rings. The molecule has 5 heteroatoms. The molecule has 0 bridgehead atoms. The maximum absolute atomic E-state index is 9.54. The van der Waals surface area contributed by atoms with Crippen LogP contribution in [0, 0.1) is 0 Å². The maximum atomic E-state index is 9.54. The topological polar surface area (TPSA) is 74.9 Å². The standard InChI is InChI=1S/C13H13N3OS/c14-11(13-6-18-7-16-13)3-8-5-15-12-2-1-9(17)4-10(8)12/h1-2,4-7,11,15,17H,3,14H2. The average molecular weight is 259 g/mol. The summed E-state index contributed by atoms with van der Waals surface area (Å²) in [7, 11) is 0. The van der Waals surface area contributed by atoms with Gasteiger partial charge in [-0.1, -0.05) is 0 Å². The summed E-state index contributed by atoms with van der Waals surface area (Å²) in [6, 6.07) is 5.18. The van der Waals surface area contributed by atoms with E-state index in [-0.39, 0.29) is 11.8 Å². The van der Waals surface area contributed by atoms with Gasteiger partial charge >= 0.3 is 0 Å². The highest BCUT2D eigenvalue weighted by atomic mass is 32.1. The molecule has 4 N–H and O–H groups in total. The molecule has 0 aliphatic carbocycles. The maximum Gasteiger partial charge on any atom is 0.116 e. The first-order valence-corrected chi connectivity index (χ1v) is 6.61. The SMILES string of the molecule is NC(Cc1c[nH]c2ccc(O)cc12)c1cscn1. The van der Waals surface area contributed by atoms with E-state index in [1.165, 1.54) is 0 Å². The first-order valence-electron chi connectivity index (χ1n) is 5.66. The molecule has 0 saturated carbocycles. The molecule has 0 saturated heterocycles. The molecule has 0 spiro atoms. The monoisotopic (exact) mass is 259 g/mol. The van der Waals surface area contributed by atoms with Crippen molar-refractivity contribution in [2.24, 2.45) is 5.73 Å². The number of rotatable bonds is 3. The Bertz CT molecular complexity index is 660. The summed E-state index contributed by atoms with van der Waals surface area (Å²) in [4.78, 5) is 7.41. The highest BCUT2D eigenvalue weighted by molar-refractivity contribution is 7.07. The van der Waals surface area contributed by atoms with Crippen LogP contribution in [0.25, 0.3) is 10.9 Å². The van der Waals surface area contributed by atoms with E-state index in [9.17, 15) is 5.11 Å². The molecule has 0 aliphatic rings. The highest BCUT2D eigenvalue weighted by Crippen LogP contribution is 2.26. The lowest BCUT2D eigenvalue weighted by molar-refractivity contribution is 0.476. The minimum Gasteiger partial charge on any atom is -0.508 e. The highest BCUT2D eigenvalue weighted by Gasteiger charge is 2.12. The fourth-order valence-electron chi connectivity index (χ4n) is 2.08. The van der Waals surface area contributed by atoms with Crippen LogP contribution >= 0.6 is 11.3 Å². The zero-order valence-corrected chi connectivity index (χ0v) is 10.4. The number of fused-ring (bicyclic) bond motifs is 1. The molecule has 92 valence electrons. The van der Waals surface area contributed by atoms with Gasteiger partial charge in [0.05, 0.1) is 17.2 Å². The predicted octanol–water partition coefficient (Wildman–Crippen LogP) is 2.57. The minimum absolute atomic E-state index is 0.113. The smallest absolute Gasteiger partial charge is 0.116 e. The fourth-order valence-corrected chi connectivity index (χ4v) is 2.70. The van der Waals surface area contributed by atoms with Gasteiger partial charge in [0.15, 0.2) is 0 Å². The van der Waals surface area contributed by atoms with E-state index >= 15 is 0 Å². The van der Waals surface area contributed by atoms with Gasteiger partial charge in [0.2, 0.25) is 0 Å². The lowest BCUT2D eigenvalue weighted by Gasteiger charge is -2.07. The summed E-state index contributed by atoms with van der Waals surface area (Å²) in [5.41, 5.74) is 10.9. The predicted molar refractivity (Wildman–Crippen MR) is 72.7 cm³/mol. The Labute approximate surface area is 108 Å². The van der Waals surface area contributed by atoms with Crippen LogP contribution in [-0.2, 0) is 6.42 Å². The first kappa shape index (κ1) is 11.3. The van der Waals surface area contributed by atoms with Crippen LogP contribution in [0.15, 0.2) is 35.3 Å². The number of H-pyrrole nitrogens is 1. The van der Waals surface area contributed by atoms with Crippen molar-refractivity contribution in [3.63, 3.8) is 0 Å². The van der Waals surface area contributed by atoms with Gasteiger partial charge in [-0.15, -0.1) is 11.3 Å². The number of phenolic OH excluding ortho intramolecular Hbond substituents is 1. The third-order valence-corrected chi connectivity index (χ3v) is 3.63. The number of phenols is 1.